The van der Waals surface area contributed by atoms with Crippen molar-refractivity contribution >= 4 is 0 Å². The van der Waals surface area contributed by atoms with Gasteiger partial charge in [-0.2, -0.15) is 0 Å². The molecule has 3 unspecified atom stereocenters. The van der Waals surface area contributed by atoms with Gasteiger partial charge in [-0.05, 0) is 54.3 Å². The quantitative estimate of drug-likeness (QED) is 0.785. The van der Waals surface area contributed by atoms with Crippen molar-refractivity contribution < 1.29 is 0 Å². The lowest BCUT2D eigenvalue weighted by atomic mass is 9.88. The van der Waals surface area contributed by atoms with E-state index in [1.807, 2.05) is 0 Å². The molecule has 1 aromatic rings. The average Bonchev–Trinajstić information content (AvgIpc) is 2.56. The number of benzene rings is 1. The predicted molar refractivity (Wildman–Crippen MR) is 65.2 cm³/mol. The monoisotopic (exact) mass is 203 g/mol. The van der Waals surface area contributed by atoms with E-state index in [2.05, 4.69) is 39.0 Å². The molecule has 0 fully saturated rings. The summed E-state index contributed by atoms with van der Waals surface area (Å²) in [6, 6.07) is 6.70. The van der Waals surface area contributed by atoms with Crippen LogP contribution in [0.15, 0.2) is 18.2 Å². The van der Waals surface area contributed by atoms with Gasteiger partial charge < -0.3 is 5.73 Å². The Morgan fingerprint density at radius 2 is 2.20 bits per heavy atom. The molecule has 0 aliphatic heterocycles. The van der Waals surface area contributed by atoms with Gasteiger partial charge in [-0.25, -0.2) is 0 Å². The molecule has 1 aromatic carbocycles. The highest BCUT2D eigenvalue weighted by molar-refractivity contribution is 5.43. The average molecular weight is 203 g/mol. The topological polar surface area (TPSA) is 26.0 Å². The van der Waals surface area contributed by atoms with Crippen LogP contribution in [0, 0.1) is 12.8 Å². The standard InChI is InChI=1S/C14H21N/c1-9-5-4-6-12-13(11(3)8-15)7-10(2)14(9)12/h4-6,10-11,13H,7-8,15H2,1-3H3. The largest absolute Gasteiger partial charge is 0.330 e. The van der Waals surface area contributed by atoms with E-state index in [-0.39, 0.29) is 0 Å². The molecule has 0 amide bonds. The fourth-order valence-corrected chi connectivity index (χ4v) is 3.03. The molecule has 15 heavy (non-hydrogen) atoms. The highest BCUT2D eigenvalue weighted by Gasteiger charge is 2.31. The van der Waals surface area contributed by atoms with E-state index in [1.165, 1.54) is 12.0 Å². The second-order valence-electron chi connectivity index (χ2n) is 5.03. The summed E-state index contributed by atoms with van der Waals surface area (Å²) in [7, 11) is 0. The van der Waals surface area contributed by atoms with Gasteiger partial charge in [0.05, 0.1) is 0 Å². The van der Waals surface area contributed by atoms with Crippen molar-refractivity contribution in [2.45, 2.75) is 39.0 Å². The normalized spacial score (nSPS) is 26.4. The van der Waals surface area contributed by atoms with Crippen LogP contribution in [-0.4, -0.2) is 6.54 Å². The highest BCUT2D eigenvalue weighted by Crippen LogP contribution is 2.46. The molecular weight excluding hydrogens is 182 g/mol. The lowest BCUT2D eigenvalue weighted by molar-refractivity contribution is 0.449. The van der Waals surface area contributed by atoms with Gasteiger partial charge in [0, 0.05) is 0 Å². The molecular formula is C14H21N. The van der Waals surface area contributed by atoms with Gasteiger partial charge in [0.25, 0.3) is 0 Å². The van der Waals surface area contributed by atoms with E-state index in [9.17, 15) is 0 Å². The highest BCUT2D eigenvalue weighted by atomic mass is 14.6. The Balaban J connectivity index is 2.42. The molecule has 0 aromatic heterocycles. The first-order chi connectivity index (χ1) is 7.15. The van der Waals surface area contributed by atoms with Crippen LogP contribution in [0.5, 0.6) is 0 Å². The third-order valence-corrected chi connectivity index (χ3v) is 3.92. The van der Waals surface area contributed by atoms with E-state index in [1.54, 1.807) is 11.1 Å². The van der Waals surface area contributed by atoms with Crippen molar-refractivity contribution in [2.24, 2.45) is 11.7 Å². The molecule has 0 spiro atoms. The van der Waals surface area contributed by atoms with Crippen molar-refractivity contribution in [2.75, 3.05) is 6.54 Å². The van der Waals surface area contributed by atoms with Crippen molar-refractivity contribution in [1.29, 1.82) is 0 Å². The zero-order chi connectivity index (χ0) is 11.0. The van der Waals surface area contributed by atoms with Crippen LogP contribution < -0.4 is 5.73 Å². The first kappa shape index (κ1) is 10.7. The Morgan fingerprint density at radius 3 is 2.87 bits per heavy atom. The second-order valence-corrected chi connectivity index (χ2v) is 5.03. The third-order valence-electron chi connectivity index (χ3n) is 3.92. The minimum atomic E-state index is 0.607. The Bertz CT molecular complexity index is 356. The van der Waals surface area contributed by atoms with Crippen molar-refractivity contribution in [3.05, 3.63) is 34.9 Å². The van der Waals surface area contributed by atoms with Crippen LogP contribution in [0.1, 0.15) is 48.8 Å². The molecule has 1 aliphatic carbocycles. The first-order valence-corrected chi connectivity index (χ1v) is 5.94. The fourth-order valence-electron chi connectivity index (χ4n) is 3.03. The summed E-state index contributed by atoms with van der Waals surface area (Å²) in [6.07, 6.45) is 1.28. The smallest absolute Gasteiger partial charge is 0.00457 e. The van der Waals surface area contributed by atoms with Crippen molar-refractivity contribution in [3.8, 4) is 0 Å². The Hall–Kier alpha value is -0.820. The second kappa shape index (κ2) is 3.97. The minimum Gasteiger partial charge on any atom is -0.330 e. The molecule has 1 heteroatoms. The first-order valence-electron chi connectivity index (χ1n) is 5.94. The number of fused-ring (bicyclic) bond motifs is 1. The summed E-state index contributed by atoms with van der Waals surface area (Å²) < 4.78 is 0. The summed E-state index contributed by atoms with van der Waals surface area (Å²) in [5.41, 5.74) is 10.4. The van der Waals surface area contributed by atoms with Gasteiger partial charge >= 0.3 is 0 Å². The van der Waals surface area contributed by atoms with Crippen LogP contribution in [0.2, 0.25) is 0 Å². The molecule has 82 valence electrons. The number of hydrogen-bond acceptors (Lipinski definition) is 1. The molecule has 1 aliphatic rings. The maximum atomic E-state index is 5.79. The van der Waals surface area contributed by atoms with Crippen LogP contribution in [0.4, 0.5) is 0 Å². The molecule has 1 nitrogen and oxygen atoms in total. The van der Waals surface area contributed by atoms with Crippen LogP contribution in [0.25, 0.3) is 0 Å². The van der Waals surface area contributed by atoms with E-state index in [4.69, 9.17) is 5.73 Å². The molecule has 0 heterocycles. The maximum Gasteiger partial charge on any atom is -0.00457 e. The molecule has 0 bridgehead atoms. The fraction of sp³-hybridized carbons (Fsp3) is 0.571. The number of hydrogen-bond donors (Lipinski definition) is 1. The molecule has 0 radical (unpaired) electrons. The predicted octanol–water partition coefficient (Wildman–Crippen LogP) is 3.18. The van der Waals surface area contributed by atoms with E-state index in [0.29, 0.717) is 17.8 Å². The number of aryl methyl sites for hydroxylation is 1. The van der Waals surface area contributed by atoms with Crippen LogP contribution >= 0.6 is 0 Å². The third kappa shape index (κ3) is 1.69. The molecule has 2 N–H and O–H groups in total. The van der Waals surface area contributed by atoms with Crippen molar-refractivity contribution in [1.82, 2.24) is 0 Å². The Labute approximate surface area is 92.7 Å². The van der Waals surface area contributed by atoms with Crippen LogP contribution in [0.3, 0.4) is 0 Å². The van der Waals surface area contributed by atoms with Gasteiger partial charge in [0.2, 0.25) is 0 Å². The van der Waals surface area contributed by atoms with E-state index < -0.39 is 0 Å². The minimum absolute atomic E-state index is 0.607. The molecule has 3 atom stereocenters. The van der Waals surface area contributed by atoms with Crippen molar-refractivity contribution in [3.63, 3.8) is 0 Å². The maximum absolute atomic E-state index is 5.79. The lowest BCUT2D eigenvalue weighted by Gasteiger charge is -2.18. The molecule has 0 saturated carbocycles. The zero-order valence-corrected chi connectivity index (χ0v) is 9.96. The number of rotatable bonds is 2. The molecule has 2 rings (SSSR count). The van der Waals surface area contributed by atoms with E-state index >= 15 is 0 Å². The summed E-state index contributed by atoms with van der Waals surface area (Å²) in [6.45, 7) is 7.64. The van der Waals surface area contributed by atoms with Gasteiger partial charge in [-0.15, -0.1) is 0 Å². The van der Waals surface area contributed by atoms with Gasteiger partial charge in [-0.3, -0.25) is 0 Å². The van der Waals surface area contributed by atoms with Crippen LogP contribution in [-0.2, 0) is 0 Å². The summed E-state index contributed by atoms with van der Waals surface area (Å²) >= 11 is 0. The summed E-state index contributed by atoms with van der Waals surface area (Å²) in [4.78, 5) is 0. The SMILES string of the molecule is Cc1cccc2c1C(C)CC2C(C)CN. The summed E-state index contributed by atoms with van der Waals surface area (Å²) in [5, 5.41) is 0. The molecule has 0 saturated heterocycles. The zero-order valence-electron chi connectivity index (χ0n) is 9.96. The van der Waals surface area contributed by atoms with Gasteiger partial charge in [0.15, 0.2) is 0 Å². The lowest BCUT2D eigenvalue weighted by Crippen LogP contribution is -2.17. The summed E-state index contributed by atoms with van der Waals surface area (Å²) in [5.74, 6) is 2.00. The Kier molecular flexibility index (Phi) is 2.83. The van der Waals surface area contributed by atoms with Gasteiger partial charge in [0.1, 0.15) is 0 Å². The Morgan fingerprint density at radius 1 is 1.47 bits per heavy atom. The van der Waals surface area contributed by atoms with Gasteiger partial charge in [-0.1, -0.05) is 32.0 Å². The van der Waals surface area contributed by atoms with E-state index in [0.717, 1.165) is 6.54 Å². The number of nitrogens with two attached hydrogens (primary N) is 1.